The van der Waals surface area contributed by atoms with E-state index in [-0.39, 0.29) is 0 Å². The fourth-order valence-corrected chi connectivity index (χ4v) is 3.01. The minimum Gasteiger partial charge on any atom is -0.368 e. The van der Waals surface area contributed by atoms with Crippen molar-refractivity contribution in [3.05, 3.63) is 29.8 Å². The second kappa shape index (κ2) is 5.75. The summed E-state index contributed by atoms with van der Waals surface area (Å²) in [4.78, 5) is 2.59. The van der Waals surface area contributed by atoms with E-state index in [1.165, 1.54) is 17.7 Å². The molecule has 0 radical (unpaired) electrons. The quantitative estimate of drug-likeness (QED) is 0.863. The van der Waals surface area contributed by atoms with Crippen LogP contribution in [-0.4, -0.2) is 19.1 Å². The van der Waals surface area contributed by atoms with E-state index in [2.05, 4.69) is 49.9 Å². The molecule has 1 aromatic rings. The third kappa shape index (κ3) is 2.39. The maximum Gasteiger partial charge on any atom is 0.0404 e. The van der Waals surface area contributed by atoms with E-state index in [0.29, 0.717) is 12.0 Å². The van der Waals surface area contributed by atoms with Gasteiger partial charge in [-0.3, -0.25) is 0 Å². The van der Waals surface area contributed by atoms with Crippen LogP contribution in [-0.2, 0) is 0 Å². The van der Waals surface area contributed by atoms with Crippen molar-refractivity contribution >= 4 is 5.69 Å². The van der Waals surface area contributed by atoms with E-state index in [4.69, 9.17) is 5.73 Å². The van der Waals surface area contributed by atoms with Crippen LogP contribution < -0.4 is 10.6 Å². The van der Waals surface area contributed by atoms with Crippen molar-refractivity contribution in [2.24, 2.45) is 11.7 Å². The topological polar surface area (TPSA) is 29.3 Å². The van der Waals surface area contributed by atoms with Crippen molar-refractivity contribution in [2.75, 3.05) is 18.0 Å². The first kappa shape index (κ1) is 13.4. The van der Waals surface area contributed by atoms with Gasteiger partial charge in [0.1, 0.15) is 0 Å². The fraction of sp³-hybridized carbons (Fsp3) is 0.625. The highest BCUT2D eigenvalue weighted by Crippen LogP contribution is 2.40. The summed E-state index contributed by atoms with van der Waals surface area (Å²) in [6.45, 7) is 8.91. The van der Waals surface area contributed by atoms with Crippen molar-refractivity contribution in [2.45, 2.75) is 45.6 Å². The average molecular weight is 246 g/mol. The standard InChI is InChI=1S/C16H26N2/c1-4-12(2)13(3)18-11-14(9-10-17)15-7-5-6-8-16(15)18/h5-8,12-14H,4,9-11,17H2,1-3H3. The molecule has 0 spiro atoms. The van der Waals surface area contributed by atoms with Gasteiger partial charge in [0.25, 0.3) is 0 Å². The number of nitrogens with two attached hydrogens (primary N) is 1. The molecule has 0 bridgehead atoms. The third-order valence-electron chi connectivity index (χ3n) is 4.58. The molecule has 1 heterocycles. The lowest BCUT2D eigenvalue weighted by atomic mass is 9.98. The van der Waals surface area contributed by atoms with Crippen LogP contribution in [0.15, 0.2) is 24.3 Å². The number of nitrogens with zero attached hydrogens (tertiary/aromatic N) is 1. The summed E-state index contributed by atoms with van der Waals surface area (Å²) in [5, 5.41) is 0. The molecular formula is C16H26N2. The van der Waals surface area contributed by atoms with E-state index >= 15 is 0 Å². The number of hydrogen-bond donors (Lipinski definition) is 1. The second-order valence-electron chi connectivity index (χ2n) is 5.61. The molecule has 3 unspecified atom stereocenters. The Morgan fingerprint density at radius 3 is 2.72 bits per heavy atom. The first-order valence-corrected chi connectivity index (χ1v) is 7.24. The highest BCUT2D eigenvalue weighted by Gasteiger charge is 2.31. The van der Waals surface area contributed by atoms with Crippen LogP contribution in [0.4, 0.5) is 5.69 Å². The predicted octanol–water partition coefficient (Wildman–Crippen LogP) is 3.37. The van der Waals surface area contributed by atoms with Gasteiger partial charge in [0.2, 0.25) is 0 Å². The van der Waals surface area contributed by atoms with Crippen LogP contribution in [0.3, 0.4) is 0 Å². The maximum atomic E-state index is 5.75. The second-order valence-corrected chi connectivity index (χ2v) is 5.61. The Labute approximate surface area is 111 Å². The molecule has 0 aromatic heterocycles. The molecule has 0 saturated carbocycles. The molecule has 1 aliphatic heterocycles. The Bertz CT molecular complexity index is 388. The largest absolute Gasteiger partial charge is 0.368 e. The number of hydrogen-bond acceptors (Lipinski definition) is 2. The van der Waals surface area contributed by atoms with Gasteiger partial charge in [-0.2, -0.15) is 0 Å². The SMILES string of the molecule is CCC(C)C(C)N1CC(CCN)c2ccccc21. The molecule has 2 nitrogen and oxygen atoms in total. The van der Waals surface area contributed by atoms with Crippen molar-refractivity contribution in [3.63, 3.8) is 0 Å². The minimum atomic E-state index is 0.610. The smallest absolute Gasteiger partial charge is 0.0404 e. The van der Waals surface area contributed by atoms with E-state index in [0.717, 1.165) is 25.4 Å². The molecule has 2 heteroatoms. The monoisotopic (exact) mass is 246 g/mol. The van der Waals surface area contributed by atoms with Gasteiger partial charge in [0, 0.05) is 24.2 Å². The Morgan fingerprint density at radius 2 is 2.06 bits per heavy atom. The van der Waals surface area contributed by atoms with Crippen LogP contribution in [0.1, 0.15) is 45.1 Å². The fourth-order valence-electron chi connectivity index (χ4n) is 3.01. The molecular weight excluding hydrogens is 220 g/mol. The van der Waals surface area contributed by atoms with Gasteiger partial charge in [0.15, 0.2) is 0 Å². The first-order chi connectivity index (χ1) is 8.69. The Morgan fingerprint density at radius 1 is 1.33 bits per heavy atom. The zero-order valence-electron chi connectivity index (χ0n) is 11.9. The van der Waals surface area contributed by atoms with Gasteiger partial charge < -0.3 is 10.6 Å². The molecule has 3 atom stereocenters. The molecule has 2 rings (SSSR count). The third-order valence-corrected chi connectivity index (χ3v) is 4.58. The summed E-state index contributed by atoms with van der Waals surface area (Å²) in [6, 6.07) is 9.46. The van der Waals surface area contributed by atoms with Crippen molar-refractivity contribution in [1.82, 2.24) is 0 Å². The highest BCUT2D eigenvalue weighted by molar-refractivity contribution is 5.60. The number of para-hydroxylation sites is 1. The number of rotatable bonds is 5. The van der Waals surface area contributed by atoms with Gasteiger partial charge in [-0.05, 0) is 37.4 Å². The number of benzene rings is 1. The van der Waals surface area contributed by atoms with E-state index < -0.39 is 0 Å². The van der Waals surface area contributed by atoms with E-state index in [1.807, 2.05) is 0 Å². The maximum absolute atomic E-state index is 5.75. The molecule has 2 N–H and O–H groups in total. The first-order valence-electron chi connectivity index (χ1n) is 7.24. The Kier molecular flexibility index (Phi) is 4.28. The van der Waals surface area contributed by atoms with Crippen molar-refractivity contribution in [3.8, 4) is 0 Å². The summed E-state index contributed by atoms with van der Waals surface area (Å²) in [7, 11) is 0. The number of anilines is 1. The molecule has 1 aliphatic rings. The summed E-state index contributed by atoms with van der Waals surface area (Å²) in [5.74, 6) is 1.35. The minimum absolute atomic E-state index is 0.610. The molecule has 100 valence electrons. The molecule has 0 fully saturated rings. The normalized spacial score (nSPS) is 21.8. The Balaban J connectivity index is 2.25. The lowest BCUT2D eigenvalue weighted by Gasteiger charge is -2.32. The molecule has 1 aromatic carbocycles. The zero-order chi connectivity index (χ0) is 13.1. The van der Waals surface area contributed by atoms with Gasteiger partial charge in [-0.25, -0.2) is 0 Å². The molecule has 0 aliphatic carbocycles. The summed E-state index contributed by atoms with van der Waals surface area (Å²) in [5.41, 5.74) is 8.69. The van der Waals surface area contributed by atoms with Crippen LogP contribution in [0.2, 0.25) is 0 Å². The van der Waals surface area contributed by atoms with Gasteiger partial charge in [0.05, 0.1) is 0 Å². The molecule has 0 amide bonds. The van der Waals surface area contributed by atoms with Crippen LogP contribution in [0.5, 0.6) is 0 Å². The van der Waals surface area contributed by atoms with Crippen LogP contribution in [0.25, 0.3) is 0 Å². The average Bonchev–Trinajstić information content (AvgIpc) is 2.77. The van der Waals surface area contributed by atoms with Crippen LogP contribution in [0, 0.1) is 5.92 Å². The lowest BCUT2D eigenvalue weighted by Crippen LogP contribution is -2.36. The summed E-state index contributed by atoms with van der Waals surface area (Å²) >= 11 is 0. The zero-order valence-corrected chi connectivity index (χ0v) is 11.9. The van der Waals surface area contributed by atoms with E-state index in [9.17, 15) is 0 Å². The van der Waals surface area contributed by atoms with E-state index in [1.54, 1.807) is 0 Å². The Hall–Kier alpha value is -1.02. The van der Waals surface area contributed by atoms with Gasteiger partial charge >= 0.3 is 0 Å². The number of fused-ring (bicyclic) bond motifs is 1. The van der Waals surface area contributed by atoms with Crippen LogP contribution >= 0.6 is 0 Å². The van der Waals surface area contributed by atoms with Gasteiger partial charge in [-0.15, -0.1) is 0 Å². The highest BCUT2D eigenvalue weighted by atomic mass is 15.2. The summed E-state index contributed by atoms with van der Waals surface area (Å²) < 4.78 is 0. The van der Waals surface area contributed by atoms with Crippen molar-refractivity contribution < 1.29 is 0 Å². The van der Waals surface area contributed by atoms with Gasteiger partial charge in [-0.1, -0.05) is 38.5 Å². The lowest BCUT2D eigenvalue weighted by molar-refractivity contribution is 0.435. The molecule has 0 saturated heterocycles. The summed E-state index contributed by atoms with van der Waals surface area (Å²) in [6.07, 6.45) is 2.34. The molecule has 18 heavy (non-hydrogen) atoms. The van der Waals surface area contributed by atoms with Crippen molar-refractivity contribution in [1.29, 1.82) is 0 Å². The predicted molar refractivity (Wildman–Crippen MR) is 79.1 cm³/mol.